The summed E-state index contributed by atoms with van der Waals surface area (Å²) < 4.78 is 0. The maximum absolute atomic E-state index is 2.57. The lowest BCUT2D eigenvalue weighted by molar-refractivity contribution is 0.288. The van der Waals surface area contributed by atoms with E-state index in [2.05, 4.69) is 62.1 Å². The van der Waals surface area contributed by atoms with Gasteiger partial charge in [-0.3, -0.25) is 4.90 Å². The van der Waals surface area contributed by atoms with Crippen LogP contribution in [-0.2, 0) is 25.9 Å². The molecule has 0 atom stereocenters. The van der Waals surface area contributed by atoms with Crippen molar-refractivity contribution >= 4 is 0 Å². The van der Waals surface area contributed by atoms with E-state index in [1.165, 1.54) is 27.8 Å². The van der Waals surface area contributed by atoms with Crippen molar-refractivity contribution < 1.29 is 0 Å². The summed E-state index contributed by atoms with van der Waals surface area (Å²) in [6, 6.07) is 13.7. The Labute approximate surface area is 128 Å². The van der Waals surface area contributed by atoms with Gasteiger partial charge in [0.1, 0.15) is 0 Å². The Morgan fingerprint density at radius 2 is 1.86 bits per heavy atom. The third-order valence-electron chi connectivity index (χ3n) is 4.79. The molecule has 1 aliphatic heterocycles. The number of aryl methyl sites for hydroxylation is 3. The van der Waals surface area contributed by atoms with Crippen LogP contribution in [-0.4, -0.2) is 11.4 Å². The Balaban J connectivity index is 1.64. The molecule has 1 nitrogen and oxygen atoms in total. The molecular formula is C20H25N. The Morgan fingerprint density at radius 1 is 1.00 bits per heavy atom. The first kappa shape index (κ1) is 14.3. The molecule has 0 spiro atoms. The smallest absolute Gasteiger partial charge is 0.0243 e. The molecule has 0 aromatic heterocycles. The molecule has 2 aromatic rings. The summed E-state index contributed by atoms with van der Waals surface area (Å²) in [6.45, 7) is 10.1. The Kier molecular flexibility index (Phi) is 4.12. The zero-order valence-corrected chi connectivity index (χ0v) is 13.4. The fourth-order valence-corrected chi connectivity index (χ4v) is 3.36. The van der Waals surface area contributed by atoms with Crippen LogP contribution in [0.3, 0.4) is 0 Å². The summed E-state index contributed by atoms with van der Waals surface area (Å²) in [5, 5.41) is 0. The van der Waals surface area contributed by atoms with Crippen molar-refractivity contribution in [2.24, 2.45) is 0 Å². The van der Waals surface area contributed by atoms with Gasteiger partial charge in [0, 0.05) is 19.6 Å². The molecular weight excluding hydrogens is 254 g/mol. The molecule has 1 heterocycles. The summed E-state index contributed by atoms with van der Waals surface area (Å²) in [7, 11) is 0. The predicted octanol–water partition coefficient (Wildman–Crippen LogP) is 4.42. The van der Waals surface area contributed by atoms with E-state index < -0.39 is 0 Å². The number of nitrogens with zero attached hydrogens (tertiary/aromatic N) is 1. The van der Waals surface area contributed by atoms with Gasteiger partial charge in [-0.1, -0.05) is 43.3 Å². The van der Waals surface area contributed by atoms with Gasteiger partial charge in [-0.15, -0.1) is 0 Å². The van der Waals surface area contributed by atoms with Crippen LogP contribution < -0.4 is 0 Å². The van der Waals surface area contributed by atoms with E-state index >= 15 is 0 Å². The van der Waals surface area contributed by atoms with E-state index in [1.54, 1.807) is 5.56 Å². The molecule has 0 amide bonds. The molecule has 1 heteroatoms. The maximum atomic E-state index is 2.57. The Morgan fingerprint density at radius 3 is 2.62 bits per heavy atom. The molecule has 0 bridgehead atoms. The second kappa shape index (κ2) is 6.03. The third kappa shape index (κ3) is 3.03. The predicted molar refractivity (Wildman–Crippen MR) is 89.6 cm³/mol. The van der Waals surface area contributed by atoms with Crippen LogP contribution in [0.15, 0.2) is 36.4 Å². The van der Waals surface area contributed by atoms with E-state index in [-0.39, 0.29) is 0 Å². The minimum Gasteiger partial charge on any atom is -0.294 e. The monoisotopic (exact) mass is 279 g/mol. The van der Waals surface area contributed by atoms with E-state index in [0.29, 0.717) is 0 Å². The van der Waals surface area contributed by atoms with Gasteiger partial charge >= 0.3 is 0 Å². The highest BCUT2D eigenvalue weighted by atomic mass is 15.1. The molecule has 0 saturated carbocycles. The third-order valence-corrected chi connectivity index (χ3v) is 4.79. The van der Waals surface area contributed by atoms with E-state index in [1.807, 2.05) is 0 Å². The highest BCUT2D eigenvalue weighted by Gasteiger charge is 2.19. The molecule has 21 heavy (non-hydrogen) atoms. The van der Waals surface area contributed by atoms with Gasteiger partial charge in [0.05, 0.1) is 0 Å². The summed E-state index contributed by atoms with van der Waals surface area (Å²) in [4.78, 5) is 2.57. The fourth-order valence-electron chi connectivity index (χ4n) is 3.36. The molecule has 2 aromatic carbocycles. The zero-order chi connectivity index (χ0) is 14.8. The number of hydrogen-bond acceptors (Lipinski definition) is 1. The molecule has 1 aliphatic rings. The first-order chi connectivity index (χ1) is 10.2. The first-order valence-electron chi connectivity index (χ1n) is 8.05. The van der Waals surface area contributed by atoms with Crippen LogP contribution in [0.2, 0.25) is 0 Å². The van der Waals surface area contributed by atoms with Crippen molar-refractivity contribution in [3.63, 3.8) is 0 Å². The van der Waals surface area contributed by atoms with Crippen LogP contribution in [0, 0.1) is 13.8 Å². The highest BCUT2D eigenvalue weighted by molar-refractivity contribution is 5.37. The fraction of sp³-hybridized carbons (Fsp3) is 0.400. The van der Waals surface area contributed by atoms with Gasteiger partial charge in [-0.05, 0) is 60.1 Å². The van der Waals surface area contributed by atoms with Crippen molar-refractivity contribution in [3.05, 3.63) is 69.8 Å². The van der Waals surface area contributed by atoms with Crippen LogP contribution >= 0.6 is 0 Å². The Hall–Kier alpha value is -1.60. The summed E-state index contributed by atoms with van der Waals surface area (Å²) in [5.74, 6) is 0. The van der Waals surface area contributed by atoms with Crippen molar-refractivity contribution in [2.75, 3.05) is 6.54 Å². The number of hydrogen-bond donors (Lipinski definition) is 0. The lowest BCUT2D eigenvalue weighted by Crippen LogP contribution is -2.19. The van der Waals surface area contributed by atoms with Crippen molar-refractivity contribution in [1.29, 1.82) is 0 Å². The summed E-state index contributed by atoms with van der Waals surface area (Å²) >= 11 is 0. The maximum Gasteiger partial charge on any atom is 0.0243 e. The summed E-state index contributed by atoms with van der Waals surface area (Å²) in [6.07, 6.45) is 2.29. The van der Waals surface area contributed by atoms with Crippen LogP contribution in [0.25, 0.3) is 0 Å². The second-order valence-corrected chi connectivity index (χ2v) is 6.29. The molecule has 0 radical (unpaired) electrons. The van der Waals surface area contributed by atoms with Gasteiger partial charge in [0.25, 0.3) is 0 Å². The molecule has 0 unspecified atom stereocenters. The lowest BCUT2D eigenvalue weighted by atomic mass is 10.0. The van der Waals surface area contributed by atoms with Gasteiger partial charge < -0.3 is 0 Å². The molecule has 0 N–H and O–H groups in total. The van der Waals surface area contributed by atoms with Crippen molar-refractivity contribution in [3.8, 4) is 0 Å². The van der Waals surface area contributed by atoms with Gasteiger partial charge in [0.2, 0.25) is 0 Å². The van der Waals surface area contributed by atoms with E-state index in [9.17, 15) is 0 Å². The lowest BCUT2D eigenvalue weighted by Gasteiger charge is -2.15. The Bertz CT molecular complexity index is 642. The van der Waals surface area contributed by atoms with Crippen molar-refractivity contribution in [1.82, 2.24) is 4.90 Å². The van der Waals surface area contributed by atoms with E-state index in [4.69, 9.17) is 0 Å². The van der Waals surface area contributed by atoms with Crippen LogP contribution in [0.5, 0.6) is 0 Å². The SMILES string of the molecule is CCc1cc(CCN2Cc3cccc(C)c3C2)ccc1C. The molecule has 110 valence electrons. The highest BCUT2D eigenvalue weighted by Crippen LogP contribution is 2.25. The van der Waals surface area contributed by atoms with Gasteiger partial charge in [0.15, 0.2) is 0 Å². The number of benzene rings is 2. The van der Waals surface area contributed by atoms with Gasteiger partial charge in [-0.25, -0.2) is 0 Å². The number of fused-ring (bicyclic) bond motifs is 1. The van der Waals surface area contributed by atoms with Crippen molar-refractivity contribution in [2.45, 2.75) is 46.7 Å². The molecule has 0 saturated heterocycles. The minimum atomic E-state index is 1.11. The quantitative estimate of drug-likeness (QED) is 0.800. The second-order valence-electron chi connectivity index (χ2n) is 6.29. The van der Waals surface area contributed by atoms with Crippen LogP contribution in [0.4, 0.5) is 0 Å². The first-order valence-corrected chi connectivity index (χ1v) is 8.05. The topological polar surface area (TPSA) is 3.24 Å². The van der Waals surface area contributed by atoms with Gasteiger partial charge in [-0.2, -0.15) is 0 Å². The average molecular weight is 279 g/mol. The zero-order valence-electron chi connectivity index (χ0n) is 13.4. The minimum absolute atomic E-state index is 1.11. The standard InChI is InChI=1S/C20H25N/c1-4-18-12-17(9-8-15(18)2)10-11-21-13-19-7-5-6-16(3)20(19)14-21/h5-9,12H,4,10-11,13-14H2,1-3H3. The molecule has 3 rings (SSSR count). The normalized spacial score (nSPS) is 14.4. The molecule has 0 fully saturated rings. The van der Waals surface area contributed by atoms with E-state index in [0.717, 1.165) is 32.5 Å². The number of rotatable bonds is 4. The molecule has 0 aliphatic carbocycles. The summed E-state index contributed by atoms with van der Waals surface area (Å²) in [5.41, 5.74) is 8.91. The largest absolute Gasteiger partial charge is 0.294 e. The van der Waals surface area contributed by atoms with Crippen LogP contribution in [0.1, 0.15) is 40.3 Å². The average Bonchev–Trinajstić information content (AvgIpc) is 2.91.